The van der Waals surface area contributed by atoms with E-state index < -0.39 is 23.6 Å². The lowest BCUT2D eigenvalue weighted by molar-refractivity contribution is -0.188. The molecule has 0 aliphatic heterocycles. The monoisotopic (exact) mass is 310 g/mol. The van der Waals surface area contributed by atoms with Crippen LogP contribution in [-0.2, 0) is 0 Å². The lowest BCUT2D eigenvalue weighted by Gasteiger charge is -2.33. The third-order valence-corrected chi connectivity index (χ3v) is 3.61. The van der Waals surface area contributed by atoms with E-state index in [9.17, 15) is 17.6 Å². The van der Waals surface area contributed by atoms with Gasteiger partial charge in [0.15, 0.2) is 0 Å². The summed E-state index contributed by atoms with van der Waals surface area (Å²) in [4.78, 5) is 1.23. The highest BCUT2D eigenvalue weighted by atomic mass is 35.5. The summed E-state index contributed by atoms with van der Waals surface area (Å²) in [6.07, 6.45) is -3.23. The van der Waals surface area contributed by atoms with Gasteiger partial charge in [0.2, 0.25) is 0 Å². The Labute approximate surface area is 119 Å². The molecule has 1 atom stereocenters. The van der Waals surface area contributed by atoms with Gasteiger partial charge in [0.25, 0.3) is 0 Å². The maximum atomic E-state index is 14.0. The van der Waals surface area contributed by atoms with Crippen LogP contribution in [0.2, 0.25) is 5.02 Å². The summed E-state index contributed by atoms with van der Waals surface area (Å²) < 4.78 is 54.1. The van der Waals surface area contributed by atoms with Crippen molar-refractivity contribution < 1.29 is 17.6 Å². The van der Waals surface area contributed by atoms with E-state index >= 15 is 0 Å². The molecular weight excluding hydrogens is 296 g/mol. The quantitative estimate of drug-likeness (QED) is 0.843. The van der Waals surface area contributed by atoms with Gasteiger partial charge in [0.05, 0.1) is 5.02 Å². The lowest BCUT2D eigenvalue weighted by atomic mass is 10.0. The Morgan fingerprint density at radius 2 is 2.00 bits per heavy atom. The minimum absolute atomic E-state index is 0.0702. The summed E-state index contributed by atoms with van der Waals surface area (Å²) in [6, 6.07) is 1.50. The number of hydrogen-bond donors (Lipinski definition) is 1. The van der Waals surface area contributed by atoms with Crippen molar-refractivity contribution in [3.8, 4) is 0 Å². The SMILES string of the molecule is NCCN(C1CC1)C(c1cccc(Cl)c1F)C(F)(F)F. The van der Waals surface area contributed by atoms with Gasteiger partial charge >= 0.3 is 6.18 Å². The van der Waals surface area contributed by atoms with Gasteiger partial charge in [0, 0.05) is 24.7 Å². The molecule has 0 saturated heterocycles. The van der Waals surface area contributed by atoms with Crippen molar-refractivity contribution in [3.05, 3.63) is 34.6 Å². The molecule has 112 valence electrons. The number of benzene rings is 1. The highest BCUT2D eigenvalue weighted by Gasteiger charge is 2.49. The van der Waals surface area contributed by atoms with E-state index in [4.69, 9.17) is 17.3 Å². The number of alkyl halides is 3. The minimum Gasteiger partial charge on any atom is -0.329 e. The molecule has 20 heavy (non-hydrogen) atoms. The molecule has 0 radical (unpaired) electrons. The maximum Gasteiger partial charge on any atom is 0.408 e. The standard InChI is InChI=1S/C13H15ClF4N2/c14-10-3-1-2-9(11(10)15)12(13(16,17)18)20(7-6-19)8-4-5-8/h1-3,8,12H,4-7,19H2. The second kappa shape index (κ2) is 5.87. The normalized spacial score (nSPS) is 17.6. The summed E-state index contributed by atoms with van der Waals surface area (Å²) in [5.41, 5.74) is 4.95. The molecule has 0 amide bonds. The number of nitrogens with zero attached hydrogens (tertiary/aromatic N) is 1. The summed E-state index contributed by atoms with van der Waals surface area (Å²) in [6.45, 7) is 0.159. The number of rotatable bonds is 5. The van der Waals surface area contributed by atoms with Crippen LogP contribution in [0.4, 0.5) is 17.6 Å². The molecule has 0 spiro atoms. The van der Waals surface area contributed by atoms with Gasteiger partial charge in [-0.3, -0.25) is 4.90 Å². The lowest BCUT2D eigenvalue weighted by Crippen LogP contribution is -2.42. The fraction of sp³-hybridized carbons (Fsp3) is 0.538. The van der Waals surface area contributed by atoms with Crippen molar-refractivity contribution in [3.63, 3.8) is 0 Å². The number of nitrogens with two attached hydrogens (primary N) is 1. The van der Waals surface area contributed by atoms with E-state index in [0.717, 1.165) is 6.07 Å². The van der Waals surface area contributed by atoms with Crippen molar-refractivity contribution in [2.45, 2.75) is 31.1 Å². The predicted octanol–water partition coefficient (Wildman–Crippen LogP) is 3.51. The fourth-order valence-corrected chi connectivity index (χ4v) is 2.53. The van der Waals surface area contributed by atoms with E-state index in [1.54, 1.807) is 0 Å². The molecule has 0 aromatic heterocycles. The Hall–Kier alpha value is -0.850. The molecule has 2 N–H and O–H groups in total. The highest BCUT2D eigenvalue weighted by Crippen LogP contribution is 2.44. The zero-order valence-electron chi connectivity index (χ0n) is 10.6. The third kappa shape index (κ3) is 3.24. The first-order chi connectivity index (χ1) is 9.36. The van der Waals surface area contributed by atoms with Crippen LogP contribution in [0.25, 0.3) is 0 Å². The number of hydrogen-bond acceptors (Lipinski definition) is 2. The van der Waals surface area contributed by atoms with Crippen molar-refractivity contribution in [1.29, 1.82) is 0 Å². The molecule has 1 fully saturated rings. The topological polar surface area (TPSA) is 29.3 Å². The molecule has 0 heterocycles. The van der Waals surface area contributed by atoms with E-state index in [1.165, 1.54) is 17.0 Å². The van der Waals surface area contributed by atoms with E-state index in [-0.39, 0.29) is 24.2 Å². The van der Waals surface area contributed by atoms with E-state index in [2.05, 4.69) is 0 Å². The van der Waals surface area contributed by atoms with Crippen molar-refractivity contribution in [1.82, 2.24) is 4.90 Å². The second-order valence-corrected chi connectivity index (χ2v) is 5.25. The average molecular weight is 311 g/mol. The second-order valence-electron chi connectivity index (χ2n) is 4.84. The summed E-state index contributed by atoms with van der Waals surface area (Å²) >= 11 is 5.60. The largest absolute Gasteiger partial charge is 0.408 e. The molecule has 2 nitrogen and oxygen atoms in total. The van der Waals surface area contributed by atoms with Crippen LogP contribution in [0.5, 0.6) is 0 Å². The Kier molecular flexibility index (Phi) is 4.56. The van der Waals surface area contributed by atoms with Crippen LogP contribution in [0.15, 0.2) is 18.2 Å². The molecule has 1 unspecified atom stereocenters. The van der Waals surface area contributed by atoms with Crippen molar-refractivity contribution >= 4 is 11.6 Å². The van der Waals surface area contributed by atoms with Gasteiger partial charge in [-0.2, -0.15) is 13.2 Å². The molecular formula is C13H15ClF4N2. The van der Waals surface area contributed by atoms with E-state index in [1.807, 2.05) is 0 Å². The molecule has 1 saturated carbocycles. The van der Waals surface area contributed by atoms with Crippen LogP contribution < -0.4 is 5.73 Å². The van der Waals surface area contributed by atoms with Crippen LogP contribution in [0.1, 0.15) is 24.4 Å². The van der Waals surface area contributed by atoms with Crippen LogP contribution in [-0.4, -0.2) is 30.2 Å². The van der Waals surface area contributed by atoms with Gasteiger partial charge < -0.3 is 5.73 Å². The van der Waals surface area contributed by atoms with Crippen LogP contribution >= 0.6 is 11.6 Å². The highest BCUT2D eigenvalue weighted by molar-refractivity contribution is 6.30. The van der Waals surface area contributed by atoms with Gasteiger partial charge in [-0.05, 0) is 18.9 Å². The minimum atomic E-state index is -4.58. The summed E-state index contributed by atoms with van der Waals surface area (Å²) in [5, 5.41) is -0.305. The zero-order valence-corrected chi connectivity index (χ0v) is 11.4. The van der Waals surface area contributed by atoms with Crippen molar-refractivity contribution in [2.75, 3.05) is 13.1 Å². The number of halogens is 5. The zero-order chi connectivity index (χ0) is 14.9. The summed E-state index contributed by atoms with van der Waals surface area (Å²) in [5.74, 6) is -1.01. The Morgan fingerprint density at radius 1 is 1.35 bits per heavy atom. The molecule has 7 heteroatoms. The van der Waals surface area contributed by atoms with Crippen LogP contribution in [0.3, 0.4) is 0 Å². The molecule has 1 aliphatic rings. The average Bonchev–Trinajstić information content (AvgIpc) is 3.16. The van der Waals surface area contributed by atoms with Crippen molar-refractivity contribution in [2.24, 2.45) is 5.73 Å². The molecule has 1 aliphatic carbocycles. The van der Waals surface area contributed by atoms with Gasteiger partial charge in [0.1, 0.15) is 11.9 Å². The summed E-state index contributed by atoms with van der Waals surface area (Å²) in [7, 11) is 0. The van der Waals surface area contributed by atoms with Crippen LogP contribution in [0, 0.1) is 5.82 Å². The van der Waals surface area contributed by atoms with E-state index in [0.29, 0.717) is 12.8 Å². The van der Waals surface area contributed by atoms with Gasteiger partial charge in [-0.1, -0.05) is 23.7 Å². The molecule has 2 rings (SSSR count). The first-order valence-electron chi connectivity index (χ1n) is 6.32. The Balaban J connectivity index is 2.43. The fourth-order valence-electron chi connectivity index (χ4n) is 2.35. The molecule has 0 bridgehead atoms. The molecule has 1 aromatic carbocycles. The third-order valence-electron chi connectivity index (χ3n) is 3.32. The van der Waals surface area contributed by atoms with Gasteiger partial charge in [-0.15, -0.1) is 0 Å². The first kappa shape index (κ1) is 15.5. The smallest absolute Gasteiger partial charge is 0.329 e. The predicted molar refractivity (Wildman–Crippen MR) is 69.0 cm³/mol. The molecule has 1 aromatic rings. The Morgan fingerprint density at radius 3 is 2.50 bits per heavy atom. The Bertz CT molecular complexity index is 474. The van der Waals surface area contributed by atoms with Gasteiger partial charge in [-0.25, -0.2) is 4.39 Å². The first-order valence-corrected chi connectivity index (χ1v) is 6.70. The maximum absolute atomic E-state index is 14.0.